The maximum atomic E-state index is 5.22. The van der Waals surface area contributed by atoms with Crippen LogP contribution in [0.1, 0.15) is 0 Å². The largest absolute Gasteiger partial charge is 4.00 e. The van der Waals surface area contributed by atoms with Gasteiger partial charge in [-0.1, -0.05) is 0 Å². The monoisotopic (exact) mass is 470 g/mol. The summed E-state index contributed by atoms with van der Waals surface area (Å²) in [5, 5.41) is 0. The molecule has 0 radical (unpaired) electrons. The maximum absolute atomic E-state index is 5.22. The fourth-order valence-electron chi connectivity index (χ4n) is 2.16. The first-order chi connectivity index (χ1) is 13.1. The van der Waals surface area contributed by atoms with Gasteiger partial charge in [-0.3, -0.25) is 14.7 Å². The minimum atomic E-state index is 0. The summed E-state index contributed by atoms with van der Waals surface area (Å²) < 4.78 is 31.3. The van der Waals surface area contributed by atoms with Crippen molar-refractivity contribution in [3.8, 4) is 0 Å². The van der Waals surface area contributed by atoms with Crippen molar-refractivity contribution in [1.29, 1.82) is 0 Å². The summed E-state index contributed by atoms with van der Waals surface area (Å²) in [6.07, 6.45) is 0. The maximum Gasteiger partial charge on any atom is 4.00 e. The van der Waals surface area contributed by atoms with E-state index in [2.05, 4.69) is 15.0 Å². The van der Waals surface area contributed by atoms with Crippen molar-refractivity contribution in [1.82, 2.24) is 15.0 Å². The molecule has 0 aliphatic rings. The molecule has 14 nitrogen and oxygen atoms in total. The minimum Gasteiger partial charge on any atom is -2.00 e. The molecule has 172 valence electrons. The molecule has 1 aromatic rings. The Balaban J connectivity index is -0.00000243. The Kier molecular flexibility index (Phi) is 22.0. The molecule has 1 heterocycles. The quantitative estimate of drug-likeness (QED) is 0.243. The van der Waals surface area contributed by atoms with Gasteiger partial charge in [-0.2, -0.15) is 15.0 Å². The van der Waals surface area contributed by atoms with Crippen molar-refractivity contribution in [3.63, 3.8) is 0 Å². The standard InChI is InChI=1S/C15H30N6O6.2O.Ti/c1-22-7-19(8-23-2)13-16-14(20(9-24-3)10-25-4)18-15(17-13)21(11-26-5)12-27-6;;;/h7-12H2,1-6H3;;;/q;2*-2;+4. The third kappa shape index (κ3) is 10.7. The molecule has 0 aliphatic carbocycles. The van der Waals surface area contributed by atoms with Crippen molar-refractivity contribution in [2.75, 3.05) is 97.7 Å². The van der Waals surface area contributed by atoms with Crippen molar-refractivity contribution in [3.05, 3.63) is 0 Å². The number of hydrogen-bond donors (Lipinski definition) is 0. The normalized spacial score (nSPS) is 9.80. The molecule has 0 fully saturated rings. The van der Waals surface area contributed by atoms with Crippen LogP contribution in [0.2, 0.25) is 0 Å². The number of aromatic nitrogens is 3. The van der Waals surface area contributed by atoms with E-state index in [9.17, 15) is 0 Å². The van der Waals surface area contributed by atoms with Gasteiger partial charge >= 0.3 is 21.7 Å². The van der Waals surface area contributed by atoms with E-state index in [1.165, 1.54) is 0 Å². The van der Waals surface area contributed by atoms with Crippen molar-refractivity contribution in [2.45, 2.75) is 0 Å². The van der Waals surface area contributed by atoms with Gasteiger partial charge in [-0.15, -0.1) is 0 Å². The average molecular weight is 470 g/mol. The number of hydrogen-bond acceptors (Lipinski definition) is 12. The molecule has 0 unspecified atom stereocenters. The van der Waals surface area contributed by atoms with Gasteiger partial charge in [0.15, 0.2) is 0 Å². The van der Waals surface area contributed by atoms with Gasteiger partial charge in [0.2, 0.25) is 17.8 Å². The van der Waals surface area contributed by atoms with E-state index < -0.39 is 0 Å². The summed E-state index contributed by atoms with van der Waals surface area (Å²) in [4.78, 5) is 18.7. The Labute approximate surface area is 191 Å². The molecular formula is C15H30N6O8Ti. The van der Waals surface area contributed by atoms with Crippen LogP contribution in [0.15, 0.2) is 0 Å². The van der Waals surface area contributed by atoms with Crippen LogP contribution in [0.5, 0.6) is 0 Å². The van der Waals surface area contributed by atoms with Crippen LogP contribution in [-0.2, 0) is 61.1 Å². The van der Waals surface area contributed by atoms with Crippen LogP contribution >= 0.6 is 0 Å². The summed E-state index contributed by atoms with van der Waals surface area (Å²) >= 11 is 0. The number of anilines is 3. The zero-order chi connectivity index (χ0) is 20.1. The fraction of sp³-hybridized carbons (Fsp3) is 0.800. The van der Waals surface area contributed by atoms with Crippen LogP contribution in [0.25, 0.3) is 0 Å². The van der Waals surface area contributed by atoms with E-state index in [0.29, 0.717) is 17.8 Å². The molecule has 0 saturated heterocycles. The van der Waals surface area contributed by atoms with Gasteiger partial charge in [-0.05, 0) is 0 Å². The molecule has 0 saturated carbocycles. The number of nitrogens with zero attached hydrogens (tertiary/aromatic N) is 6. The van der Waals surface area contributed by atoms with E-state index in [1.54, 1.807) is 57.4 Å². The fourth-order valence-corrected chi connectivity index (χ4v) is 2.16. The molecule has 0 N–H and O–H groups in total. The first-order valence-corrected chi connectivity index (χ1v) is 8.09. The number of ether oxygens (including phenoxy) is 6. The molecule has 0 atom stereocenters. The van der Waals surface area contributed by atoms with Gasteiger partial charge < -0.3 is 39.4 Å². The molecule has 0 aromatic carbocycles. The van der Waals surface area contributed by atoms with E-state index >= 15 is 0 Å². The predicted molar refractivity (Wildman–Crippen MR) is 99.9 cm³/mol. The molecule has 30 heavy (non-hydrogen) atoms. The molecule has 0 spiro atoms. The van der Waals surface area contributed by atoms with Gasteiger partial charge in [0.25, 0.3) is 0 Å². The Hall–Kier alpha value is -1.20. The van der Waals surface area contributed by atoms with E-state index in [0.717, 1.165) is 0 Å². The van der Waals surface area contributed by atoms with Crippen LogP contribution in [0.3, 0.4) is 0 Å². The summed E-state index contributed by atoms with van der Waals surface area (Å²) in [5.41, 5.74) is 0. The summed E-state index contributed by atoms with van der Waals surface area (Å²) in [7, 11) is 9.48. The van der Waals surface area contributed by atoms with E-state index in [-0.39, 0.29) is 73.1 Å². The third-order valence-corrected chi connectivity index (χ3v) is 3.16. The van der Waals surface area contributed by atoms with Gasteiger partial charge in [0, 0.05) is 42.7 Å². The second kappa shape index (κ2) is 19.7. The zero-order valence-corrected chi connectivity index (χ0v) is 19.8. The van der Waals surface area contributed by atoms with Crippen LogP contribution in [0.4, 0.5) is 17.8 Å². The molecule has 0 amide bonds. The first-order valence-electron chi connectivity index (χ1n) is 8.09. The van der Waals surface area contributed by atoms with E-state index in [4.69, 9.17) is 28.4 Å². The molecule has 15 heteroatoms. The zero-order valence-electron chi connectivity index (χ0n) is 18.2. The van der Waals surface area contributed by atoms with Crippen molar-refractivity contribution >= 4 is 17.8 Å². The molecule has 1 rings (SSSR count). The average Bonchev–Trinajstić information content (AvgIpc) is 2.67. The predicted octanol–water partition coefficient (Wildman–Crippen LogP) is -0.326. The van der Waals surface area contributed by atoms with Crippen LogP contribution in [-0.4, -0.2) is 98.0 Å². The second-order valence-corrected chi connectivity index (χ2v) is 5.36. The SMILES string of the molecule is COCN(COC)c1nc(N(COC)COC)nc(N(COC)COC)n1.[O-2].[O-2].[Ti+4]. The molecular weight excluding hydrogens is 440 g/mol. The number of methoxy groups -OCH3 is 6. The molecule has 0 bridgehead atoms. The molecule has 1 aromatic heterocycles. The van der Waals surface area contributed by atoms with Crippen LogP contribution in [0, 0.1) is 0 Å². The van der Waals surface area contributed by atoms with Gasteiger partial charge in [0.1, 0.15) is 40.4 Å². The van der Waals surface area contributed by atoms with Gasteiger partial charge in [0.05, 0.1) is 0 Å². The van der Waals surface area contributed by atoms with E-state index in [1.807, 2.05) is 0 Å². The number of rotatable bonds is 15. The Morgan fingerprint density at radius 1 is 0.467 bits per heavy atom. The summed E-state index contributed by atoms with van der Waals surface area (Å²) in [5.74, 6) is 1.11. The first kappa shape index (κ1) is 33.4. The van der Waals surface area contributed by atoms with Gasteiger partial charge in [-0.25, -0.2) is 0 Å². The van der Waals surface area contributed by atoms with Crippen molar-refractivity contribution in [2.24, 2.45) is 0 Å². The molecule has 0 aliphatic heterocycles. The van der Waals surface area contributed by atoms with Crippen molar-refractivity contribution < 1.29 is 61.1 Å². The Morgan fingerprint density at radius 3 is 0.767 bits per heavy atom. The van der Waals surface area contributed by atoms with Crippen LogP contribution < -0.4 is 14.7 Å². The second-order valence-electron chi connectivity index (χ2n) is 5.36. The smallest absolute Gasteiger partial charge is 2.00 e. The third-order valence-electron chi connectivity index (χ3n) is 3.16. The Morgan fingerprint density at radius 2 is 0.633 bits per heavy atom. The summed E-state index contributed by atoms with van der Waals surface area (Å²) in [6, 6.07) is 0. The topological polar surface area (TPSA) is 161 Å². The Bertz CT molecular complexity index is 434. The minimum absolute atomic E-state index is 0. The summed E-state index contributed by atoms with van der Waals surface area (Å²) in [6.45, 7) is 1.42.